The lowest BCUT2D eigenvalue weighted by atomic mass is 10.1. The molecular weight excluding hydrogens is 466 g/mol. The van der Waals surface area contributed by atoms with Gasteiger partial charge in [-0.3, -0.25) is 9.12 Å². The largest absolute Gasteiger partial charge is 0.480 e. The number of hydrogen-bond acceptors (Lipinski definition) is 6. The molecule has 0 fully saturated rings. The summed E-state index contributed by atoms with van der Waals surface area (Å²) in [7, 11) is -3.10. The van der Waals surface area contributed by atoms with Gasteiger partial charge in [0.05, 0.1) is 13.3 Å². The first-order chi connectivity index (χ1) is 16.2. The maximum atomic E-state index is 14.1. The number of hydrogen-bond donors (Lipinski definition) is 2. The summed E-state index contributed by atoms with van der Waals surface area (Å²) in [5.41, 5.74) is 2.29. The van der Waals surface area contributed by atoms with Crippen molar-refractivity contribution in [1.29, 1.82) is 0 Å². The molecule has 0 saturated heterocycles. The number of fused-ring (bicyclic) bond motifs is 1. The highest BCUT2D eigenvalue weighted by Crippen LogP contribution is 2.31. The topological polar surface area (TPSA) is 106 Å². The van der Waals surface area contributed by atoms with Gasteiger partial charge in [-0.2, -0.15) is 0 Å². The average molecular weight is 484 g/mol. The Hall–Kier alpha value is -4.01. The summed E-state index contributed by atoms with van der Waals surface area (Å²) in [4.78, 5) is 7.69. The molecule has 1 atom stereocenters. The van der Waals surface area contributed by atoms with E-state index in [2.05, 4.69) is 26.5 Å². The van der Waals surface area contributed by atoms with E-state index in [1.54, 1.807) is 35.9 Å². The second-order valence-electron chi connectivity index (χ2n) is 7.20. The summed E-state index contributed by atoms with van der Waals surface area (Å²) < 4.78 is 61.9. The van der Waals surface area contributed by atoms with Crippen molar-refractivity contribution < 1.29 is 27.0 Å². The molecule has 3 aromatic heterocycles. The van der Waals surface area contributed by atoms with Gasteiger partial charge in [-0.25, -0.2) is 27.2 Å². The Bertz CT molecular complexity index is 1560. The molecule has 0 amide bonds. The minimum absolute atomic E-state index is 0.0384. The highest BCUT2D eigenvalue weighted by atomic mass is 32.2. The molecule has 174 valence electrons. The van der Waals surface area contributed by atoms with Gasteiger partial charge < -0.3 is 9.84 Å². The minimum Gasteiger partial charge on any atom is -0.480 e. The van der Waals surface area contributed by atoms with E-state index < -0.39 is 32.7 Å². The molecule has 0 saturated carbocycles. The fourth-order valence-corrected chi connectivity index (χ4v) is 4.27. The molecule has 0 bridgehead atoms. The van der Waals surface area contributed by atoms with E-state index in [0.717, 1.165) is 12.1 Å². The van der Waals surface area contributed by atoms with Crippen molar-refractivity contribution in [3.8, 4) is 28.8 Å². The number of nitrogens with zero attached hydrogens (tertiary/aromatic N) is 3. The van der Waals surface area contributed by atoms with E-state index in [1.165, 1.54) is 19.4 Å². The smallest absolute Gasteiger partial charge is 0.264 e. The van der Waals surface area contributed by atoms with Crippen LogP contribution in [0.2, 0.25) is 0 Å². The lowest BCUT2D eigenvalue weighted by molar-refractivity contribution is 0.253. The standard InChI is InChI=1S/C23H18F2N4O4S/c1-14(30)3-6-18-12-26-22-8-4-15(13-29(18)22)16-9-20(23(33-2)27-11-16)28-34(31,32)21-7-5-17(24)10-19(21)25/h4-5,7-14,28,30H,1-2H3. The Morgan fingerprint density at radius 1 is 1.12 bits per heavy atom. The van der Waals surface area contributed by atoms with E-state index in [9.17, 15) is 22.3 Å². The predicted molar refractivity (Wildman–Crippen MR) is 121 cm³/mol. The van der Waals surface area contributed by atoms with Crippen molar-refractivity contribution in [2.24, 2.45) is 0 Å². The summed E-state index contributed by atoms with van der Waals surface area (Å²) >= 11 is 0. The second kappa shape index (κ2) is 9.09. The van der Waals surface area contributed by atoms with Crippen LogP contribution in [0.4, 0.5) is 14.5 Å². The summed E-state index contributed by atoms with van der Waals surface area (Å²) in [6.45, 7) is 1.55. The molecular formula is C23H18F2N4O4S. The zero-order valence-electron chi connectivity index (χ0n) is 18.0. The first kappa shape index (κ1) is 23.2. The number of sulfonamides is 1. The maximum absolute atomic E-state index is 14.1. The summed E-state index contributed by atoms with van der Waals surface area (Å²) in [5.74, 6) is 3.34. The van der Waals surface area contributed by atoms with Crippen LogP contribution in [0.3, 0.4) is 0 Å². The highest BCUT2D eigenvalue weighted by Gasteiger charge is 2.22. The van der Waals surface area contributed by atoms with Crippen LogP contribution >= 0.6 is 0 Å². The molecule has 8 nitrogen and oxygen atoms in total. The normalized spacial score (nSPS) is 12.1. The summed E-state index contributed by atoms with van der Waals surface area (Å²) in [6.07, 6.45) is 3.97. The van der Waals surface area contributed by atoms with E-state index >= 15 is 0 Å². The monoisotopic (exact) mass is 484 g/mol. The van der Waals surface area contributed by atoms with E-state index in [4.69, 9.17) is 4.74 Å². The third kappa shape index (κ3) is 4.68. The number of pyridine rings is 2. The second-order valence-corrected chi connectivity index (χ2v) is 8.85. The maximum Gasteiger partial charge on any atom is 0.264 e. The SMILES string of the molecule is COc1ncc(-c2ccc3ncc(C#CC(C)O)n3c2)cc1NS(=O)(=O)c1ccc(F)cc1F. The Balaban J connectivity index is 1.75. The number of methoxy groups -OCH3 is 1. The molecule has 1 unspecified atom stereocenters. The molecule has 0 radical (unpaired) electrons. The Labute approximate surface area is 193 Å². The first-order valence-electron chi connectivity index (χ1n) is 9.87. The van der Waals surface area contributed by atoms with Crippen LogP contribution in [-0.2, 0) is 10.0 Å². The number of ether oxygens (including phenoxy) is 1. The number of nitrogens with one attached hydrogen (secondary N) is 1. The van der Waals surface area contributed by atoms with Gasteiger partial charge >= 0.3 is 0 Å². The number of rotatable bonds is 5. The van der Waals surface area contributed by atoms with Gasteiger partial charge in [-0.15, -0.1) is 0 Å². The molecule has 3 heterocycles. The van der Waals surface area contributed by atoms with Crippen molar-refractivity contribution in [2.45, 2.75) is 17.9 Å². The van der Waals surface area contributed by atoms with Gasteiger partial charge in [0.25, 0.3) is 10.0 Å². The lowest BCUT2D eigenvalue weighted by Crippen LogP contribution is -2.15. The molecule has 4 rings (SSSR count). The molecule has 2 N–H and O–H groups in total. The number of halogens is 2. The van der Waals surface area contributed by atoms with Crippen LogP contribution in [0.25, 0.3) is 16.8 Å². The molecule has 11 heteroatoms. The van der Waals surface area contributed by atoms with Crippen LogP contribution in [-0.4, -0.2) is 41.1 Å². The third-order valence-electron chi connectivity index (χ3n) is 4.72. The molecule has 0 spiro atoms. The quantitative estimate of drug-likeness (QED) is 0.422. The van der Waals surface area contributed by atoms with Gasteiger partial charge in [-0.1, -0.05) is 5.92 Å². The highest BCUT2D eigenvalue weighted by molar-refractivity contribution is 7.92. The van der Waals surface area contributed by atoms with Crippen LogP contribution in [0.15, 0.2) is 59.9 Å². The van der Waals surface area contributed by atoms with Gasteiger partial charge in [0.2, 0.25) is 5.88 Å². The van der Waals surface area contributed by atoms with Gasteiger partial charge in [-0.05, 0) is 43.2 Å². The van der Waals surface area contributed by atoms with Gasteiger partial charge in [0, 0.05) is 29.6 Å². The number of benzene rings is 1. The van der Waals surface area contributed by atoms with Crippen LogP contribution < -0.4 is 9.46 Å². The van der Waals surface area contributed by atoms with Gasteiger partial charge in [0.15, 0.2) is 0 Å². The minimum atomic E-state index is -4.41. The van der Waals surface area contributed by atoms with E-state index in [0.29, 0.717) is 28.5 Å². The van der Waals surface area contributed by atoms with E-state index in [1.807, 2.05) is 0 Å². The summed E-state index contributed by atoms with van der Waals surface area (Å²) in [5, 5.41) is 9.42. The third-order valence-corrected chi connectivity index (χ3v) is 6.12. The van der Waals surface area contributed by atoms with Crippen molar-refractivity contribution >= 4 is 21.4 Å². The number of aromatic nitrogens is 3. The number of anilines is 1. The molecule has 1 aromatic carbocycles. The van der Waals surface area contributed by atoms with Crippen LogP contribution in [0.5, 0.6) is 5.88 Å². The fraction of sp³-hybridized carbons (Fsp3) is 0.130. The Morgan fingerprint density at radius 2 is 1.91 bits per heavy atom. The lowest BCUT2D eigenvalue weighted by Gasteiger charge is -2.13. The Kier molecular flexibility index (Phi) is 6.19. The molecule has 34 heavy (non-hydrogen) atoms. The first-order valence-corrected chi connectivity index (χ1v) is 11.4. The van der Waals surface area contributed by atoms with Crippen molar-refractivity contribution in [3.05, 3.63) is 72.3 Å². The number of aliphatic hydroxyl groups is 1. The number of imidazole rings is 1. The fourth-order valence-electron chi connectivity index (χ4n) is 3.16. The van der Waals surface area contributed by atoms with Gasteiger partial charge in [0.1, 0.15) is 39.7 Å². The predicted octanol–water partition coefficient (Wildman–Crippen LogP) is 3.22. The zero-order valence-corrected chi connectivity index (χ0v) is 18.8. The van der Waals surface area contributed by atoms with E-state index in [-0.39, 0.29) is 11.6 Å². The van der Waals surface area contributed by atoms with Crippen molar-refractivity contribution in [1.82, 2.24) is 14.4 Å². The molecule has 0 aliphatic carbocycles. The Morgan fingerprint density at radius 3 is 2.62 bits per heavy atom. The van der Waals surface area contributed by atoms with Crippen molar-refractivity contribution in [3.63, 3.8) is 0 Å². The molecule has 0 aliphatic rings. The molecule has 0 aliphatic heterocycles. The van der Waals surface area contributed by atoms with Crippen molar-refractivity contribution in [2.75, 3.05) is 11.8 Å². The number of aliphatic hydroxyl groups excluding tert-OH is 1. The average Bonchev–Trinajstić information content (AvgIpc) is 3.19. The molecule has 4 aromatic rings. The zero-order chi connectivity index (χ0) is 24.5. The summed E-state index contributed by atoms with van der Waals surface area (Å²) in [6, 6.07) is 7.14. The van der Waals surface area contributed by atoms with Crippen LogP contribution in [0, 0.1) is 23.5 Å². The van der Waals surface area contributed by atoms with Crippen LogP contribution in [0.1, 0.15) is 12.6 Å².